The molecular formula is C24H36O4-2. The number of rotatable bonds is 14. The lowest BCUT2D eigenvalue weighted by Crippen LogP contribution is -2.32. The third-order valence-corrected chi connectivity index (χ3v) is 5.85. The van der Waals surface area contributed by atoms with Crippen LogP contribution in [-0.2, 0) is 0 Å². The van der Waals surface area contributed by atoms with Gasteiger partial charge in [0.25, 0.3) is 0 Å². The smallest absolute Gasteiger partial charge is 0.0724 e. The van der Waals surface area contributed by atoms with Crippen molar-refractivity contribution in [2.75, 3.05) is 0 Å². The van der Waals surface area contributed by atoms with Gasteiger partial charge < -0.3 is 19.8 Å². The first-order valence-electron chi connectivity index (χ1n) is 11.0. The Morgan fingerprint density at radius 2 is 1.32 bits per heavy atom. The van der Waals surface area contributed by atoms with Gasteiger partial charge in [0.2, 0.25) is 0 Å². The molecule has 0 saturated heterocycles. The molecule has 158 valence electrons. The Morgan fingerprint density at radius 1 is 0.786 bits per heavy atom. The Hall–Kier alpha value is -1.84. The Balaban J connectivity index is 3.53. The second-order valence-electron chi connectivity index (χ2n) is 7.77. The van der Waals surface area contributed by atoms with E-state index in [1.165, 1.54) is 6.07 Å². The Bertz CT molecular complexity index is 636. The molecular weight excluding hydrogens is 352 g/mol. The van der Waals surface area contributed by atoms with E-state index in [-0.39, 0.29) is 23.0 Å². The van der Waals surface area contributed by atoms with Gasteiger partial charge in [-0.15, -0.1) is 0 Å². The highest BCUT2D eigenvalue weighted by molar-refractivity contribution is 6.01. The lowest BCUT2D eigenvalue weighted by atomic mass is 9.77. The fourth-order valence-corrected chi connectivity index (χ4v) is 4.24. The van der Waals surface area contributed by atoms with Crippen molar-refractivity contribution in [1.82, 2.24) is 0 Å². The van der Waals surface area contributed by atoms with Gasteiger partial charge in [0, 0.05) is 11.1 Å². The van der Waals surface area contributed by atoms with Crippen molar-refractivity contribution in [2.24, 2.45) is 0 Å². The fraction of sp³-hybridized carbons (Fsp3) is 0.667. The summed E-state index contributed by atoms with van der Waals surface area (Å²) in [7, 11) is 0. The lowest BCUT2D eigenvalue weighted by molar-refractivity contribution is -0.259. The molecule has 0 saturated carbocycles. The number of benzene rings is 1. The SMILES string of the molecule is CCCCCC(CC)c1ccc(C(=O)[O-])c(C(=O)[O-])c1C(CC)CCCCC. The van der Waals surface area contributed by atoms with Gasteiger partial charge in [0.05, 0.1) is 11.9 Å². The van der Waals surface area contributed by atoms with E-state index in [2.05, 4.69) is 20.8 Å². The molecule has 4 heteroatoms. The van der Waals surface area contributed by atoms with Crippen LogP contribution in [0, 0.1) is 0 Å². The van der Waals surface area contributed by atoms with Gasteiger partial charge in [0.15, 0.2) is 0 Å². The van der Waals surface area contributed by atoms with E-state index in [1.54, 1.807) is 0 Å². The van der Waals surface area contributed by atoms with Crippen LogP contribution in [0.25, 0.3) is 0 Å². The third-order valence-electron chi connectivity index (χ3n) is 5.85. The number of carbonyl (C=O) groups is 2. The molecule has 2 atom stereocenters. The molecule has 0 aromatic heterocycles. The zero-order valence-electron chi connectivity index (χ0n) is 18.0. The lowest BCUT2D eigenvalue weighted by Gasteiger charge is -2.29. The number of carboxylic acid groups (broad SMARTS) is 2. The highest BCUT2D eigenvalue weighted by Gasteiger charge is 2.25. The molecule has 1 aromatic rings. The van der Waals surface area contributed by atoms with E-state index >= 15 is 0 Å². The van der Waals surface area contributed by atoms with Crippen LogP contribution in [0.3, 0.4) is 0 Å². The van der Waals surface area contributed by atoms with Crippen LogP contribution in [0.2, 0.25) is 0 Å². The number of unbranched alkanes of at least 4 members (excludes halogenated alkanes) is 4. The highest BCUT2D eigenvalue weighted by Crippen LogP contribution is 2.39. The molecule has 28 heavy (non-hydrogen) atoms. The minimum absolute atomic E-state index is 0.0222. The van der Waals surface area contributed by atoms with Gasteiger partial charge in [-0.1, -0.05) is 78.4 Å². The standard InChI is InChI=1S/C24H38O4/c1-5-9-11-13-17(7-3)19-15-16-20(23(25)26)22(24(27)28)21(19)18(8-4)14-12-10-6-2/h15-18H,5-14H2,1-4H3,(H,25,26)(H,27,28)/p-2. The fourth-order valence-electron chi connectivity index (χ4n) is 4.24. The molecule has 0 fully saturated rings. The molecule has 0 bridgehead atoms. The predicted molar refractivity (Wildman–Crippen MR) is 109 cm³/mol. The Labute approximate surface area is 170 Å². The molecule has 0 heterocycles. The van der Waals surface area contributed by atoms with Crippen LogP contribution in [0.5, 0.6) is 0 Å². The maximum atomic E-state index is 12.0. The minimum atomic E-state index is -1.45. The summed E-state index contributed by atoms with van der Waals surface area (Å²) in [6.45, 7) is 8.46. The van der Waals surface area contributed by atoms with E-state index in [9.17, 15) is 19.8 Å². The summed E-state index contributed by atoms with van der Waals surface area (Å²) in [5, 5.41) is 23.6. The summed E-state index contributed by atoms with van der Waals surface area (Å²) >= 11 is 0. The zero-order valence-corrected chi connectivity index (χ0v) is 18.0. The van der Waals surface area contributed by atoms with Gasteiger partial charge >= 0.3 is 0 Å². The van der Waals surface area contributed by atoms with Crippen molar-refractivity contribution >= 4 is 11.9 Å². The van der Waals surface area contributed by atoms with Crippen molar-refractivity contribution in [3.05, 3.63) is 34.4 Å². The molecule has 0 aliphatic heterocycles. The second-order valence-corrected chi connectivity index (χ2v) is 7.77. The van der Waals surface area contributed by atoms with E-state index in [1.807, 2.05) is 13.0 Å². The number of carbonyl (C=O) groups excluding carboxylic acids is 2. The maximum absolute atomic E-state index is 12.0. The molecule has 2 unspecified atom stereocenters. The van der Waals surface area contributed by atoms with Crippen LogP contribution in [0.1, 0.15) is 136 Å². The summed E-state index contributed by atoms with van der Waals surface area (Å²) in [6, 6.07) is 3.23. The summed E-state index contributed by atoms with van der Waals surface area (Å²) < 4.78 is 0. The first-order valence-corrected chi connectivity index (χ1v) is 11.0. The molecule has 1 aromatic carbocycles. The van der Waals surface area contributed by atoms with Gasteiger partial charge in [-0.2, -0.15) is 0 Å². The number of aromatic carboxylic acids is 2. The summed E-state index contributed by atoms with van der Waals surface area (Å²) in [6.07, 6.45) is 10.1. The van der Waals surface area contributed by atoms with Crippen molar-refractivity contribution in [2.45, 2.75) is 104 Å². The Morgan fingerprint density at radius 3 is 1.75 bits per heavy atom. The van der Waals surface area contributed by atoms with Crippen LogP contribution in [0.4, 0.5) is 0 Å². The number of hydrogen-bond donors (Lipinski definition) is 0. The largest absolute Gasteiger partial charge is 0.545 e. The zero-order chi connectivity index (χ0) is 21.1. The Kier molecular flexibility index (Phi) is 10.9. The third kappa shape index (κ3) is 6.35. The predicted octanol–water partition coefficient (Wildman–Crippen LogP) is 4.56. The monoisotopic (exact) mass is 388 g/mol. The average molecular weight is 389 g/mol. The average Bonchev–Trinajstić information content (AvgIpc) is 2.68. The van der Waals surface area contributed by atoms with Crippen molar-refractivity contribution in [3.63, 3.8) is 0 Å². The molecule has 1 rings (SSSR count). The molecule has 0 aliphatic rings. The van der Waals surface area contributed by atoms with E-state index in [4.69, 9.17) is 0 Å². The van der Waals surface area contributed by atoms with Crippen molar-refractivity contribution < 1.29 is 19.8 Å². The van der Waals surface area contributed by atoms with Gasteiger partial charge in [0.1, 0.15) is 0 Å². The molecule has 0 amide bonds. The summed E-state index contributed by atoms with van der Waals surface area (Å²) in [4.78, 5) is 23.6. The van der Waals surface area contributed by atoms with Crippen LogP contribution in [-0.4, -0.2) is 11.9 Å². The van der Waals surface area contributed by atoms with E-state index < -0.39 is 11.9 Å². The van der Waals surface area contributed by atoms with Crippen LogP contribution >= 0.6 is 0 Å². The van der Waals surface area contributed by atoms with Gasteiger partial charge in [-0.3, -0.25) is 0 Å². The van der Waals surface area contributed by atoms with E-state index in [0.29, 0.717) is 5.56 Å². The number of hydrogen-bond acceptors (Lipinski definition) is 4. The quantitative estimate of drug-likeness (QED) is 0.438. The molecule has 0 radical (unpaired) electrons. The molecule has 4 nitrogen and oxygen atoms in total. The van der Waals surface area contributed by atoms with Crippen LogP contribution < -0.4 is 10.2 Å². The number of carboxylic acids is 2. The van der Waals surface area contributed by atoms with Gasteiger partial charge in [-0.05, 0) is 48.6 Å². The molecule has 0 N–H and O–H groups in total. The van der Waals surface area contributed by atoms with Crippen molar-refractivity contribution in [1.29, 1.82) is 0 Å². The summed E-state index contributed by atoms with van der Waals surface area (Å²) in [5.41, 5.74) is 1.26. The normalized spacial score (nSPS) is 13.3. The van der Waals surface area contributed by atoms with E-state index in [0.717, 1.165) is 69.8 Å². The maximum Gasteiger partial charge on any atom is 0.0724 e. The molecule has 0 spiro atoms. The first kappa shape index (κ1) is 24.2. The first-order chi connectivity index (χ1) is 13.4. The molecule has 0 aliphatic carbocycles. The van der Waals surface area contributed by atoms with Crippen molar-refractivity contribution in [3.8, 4) is 0 Å². The second kappa shape index (κ2) is 12.6. The van der Waals surface area contributed by atoms with Crippen LogP contribution in [0.15, 0.2) is 12.1 Å². The minimum Gasteiger partial charge on any atom is -0.545 e. The summed E-state index contributed by atoms with van der Waals surface area (Å²) in [5.74, 6) is -2.60. The highest BCUT2D eigenvalue weighted by atomic mass is 16.4. The topological polar surface area (TPSA) is 80.3 Å². The van der Waals surface area contributed by atoms with Gasteiger partial charge in [-0.25, -0.2) is 0 Å².